The van der Waals surface area contributed by atoms with Crippen LogP contribution in [0.4, 0.5) is 18.9 Å². The molecule has 0 fully saturated rings. The van der Waals surface area contributed by atoms with E-state index in [1.807, 2.05) is 0 Å². The minimum absolute atomic E-state index is 0.0387. The fourth-order valence-corrected chi connectivity index (χ4v) is 2.28. The number of carbonyl (C=O) groups is 1. The maximum Gasteiger partial charge on any atom is 0.416 e. The van der Waals surface area contributed by atoms with E-state index in [9.17, 15) is 18.0 Å². The summed E-state index contributed by atoms with van der Waals surface area (Å²) in [6.07, 6.45) is -5.46. The normalized spacial score (nSPS) is 12.5. The van der Waals surface area contributed by atoms with Crippen LogP contribution in [-0.4, -0.2) is 13.1 Å². The van der Waals surface area contributed by atoms with Crippen LogP contribution >= 0.6 is 0 Å². The molecule has 4 nitrogen and oxygen atoms in total. The predicted octanol–water partition coefficient (Wildman–Crippen LogP) is 4.21. The maximum atomic E-state index is 13.1. The van der Waals surface area contributed by atoms with Gasteiger partial charge in [0.15, 0.2) is 0 Å². The number of methoxy groups -OCH3 is 1. The van der Waals surface area contributed by atoms with Gasteiger partial charge >= 0.3 is 12.1 Å². The van der Waals surface area contributed by atoms with Gasteiger partial charge < -0.3 is 15.2 Å². The third-order valence-electron chi connectivity index (χ3n) is 3.42. The van der Waals surface area contributed by atoms with Crippen LogP contribution in [0, 0.1) is 0 Å². The zero-order valence-electron chi connectivity index (χ0n) is 13.1. The first-order valence-corrected chi connectivity index (χ1v) is 7.04. The van der Waals surface area contributed by atoms with Crippen molar-refractivity contribution >= 4 is 11.7 Å². The summed E-state index contributed by atoms with van der Waals surface area (Å²) in [5, 5.41) is 0. The first-order valence-electron chi connectivity index (χ1n) is 7.04. The summed E-state index contributed by atoms with van der Waals surface area (Å²) < 4.78 is 49.6. The second-order valence-electron chi connectivity index (χ2n) is 5.09. The van der Waals surface area contributed by atoms with E-state index in [0.717, 1.165) is 6.07 Å². The highest BCUT2D eigenvalue weighted by Gasteiger charge is 2.34. The van der Waals surface area contributed by atoms with Crippen molar-refractivity contribution in [3.05, 3.63) is 59.2 Å². The molecule has 24 heavy (non-hydrogen) atoms. The molecule has 0 aliphatic rings. The van der Waals surface area contributed by atoms with Crippen molar-refractivity contribution in [3.63, 3.8) is 0 Å². The molecule has 7 heteroatoms. The van der Waals surface area contributed by atoms with Crippen LogP contribution in [0.2, 0.25) is 0 Å². The van der Waals surface area contributed by atoms with Crippen molar-refractivity contribution in [1.29, 1.82) is 0 Å². The number of rotatable bonds is 4. The summed E-state index contributed by atoms with van der Waals surface area (Å²) in [7, 11) is 1.20. The molecule has 0 spiro atoms. The molecule has 1 atom stereocenters. The van der Waals surface area contributed by atoms with E-state index in [1.54, 1.807) is 0 Å². The average molecular weight is 339 g/mol. The first-order chi connectivity index (χ1) is 11.2. The van der Waals surface area contributed by atoms with Gasteiger partial charge in [0.2, 0.25) is 0 Å². The Kier molecular flexibility index (Phi) is 5.02. The molecule has 0 aromatic heterocycles. The monoisotopic (exact) mass is 339 g/mol. The van der Waals surface area contributed by atoms with E-state index in [0.29, 0.717) is 5.69 Å². The maximum absolute atomic E-state index is 13.1. The van der Waals surface area contributed by atoms with Gasteiger partial charge in [-0.2, -0.15) is 13.2 Å². The quantitative estimate of drug-likeness (QED) is 0.669. The van der Waals surface area contributed by atoms with E-state index in [2.05, 4.69) is 4.74 Å². The minimum Gasteiger partial charge on any atom is -0.485 e. The van der Waals surface area contributed by atoms with E-state index in [-0.39, 0.29) is 16.9 Å². The molecule has 0 unspecified atom stereocenters. The number of benzene rings is 2. The van der Waals surface area contributed by atoms with Crippen molar-refractivity contribution in [3.8, 4) is 5.75 Å². The summed E-state index contributed by atoms with van der Waals surface area (Å²) in [6.45, 7) is 1.47. The van der Waals surface area contributed by atoms with Crippen molar-refractivity contribution in [2.75, 3.05) is 12.8 Å². The van der Waals surface area contributed by atoms with Crippen LogP contribution in [0.25, 0.3) is 0 Å². The van der Waals surface area contributed by atoms with Crippen LogP contribution < -0.4 is 10.5 Å². The van der Waals surface area contributed by atoms with Crippen molar-refractivity contribution < 1.29 is 27.4 Å². The summed E-state index contributed by atoms with van der Waals surface area (Å²) in [6, 6.07) is 9.36. The molecule has 0 radical (unpaired) electrons. The Morgan fingerprint density at radius 2 is 1.83 bits per heavy atom. The Balaban J connectivity index is 2.40. The standard InChI is InChI=1S/C17H16F3NO3/c1-10(12-5-3-4-6-14(12)17(18,19)20)24-15-9-11(21)7-8-13(15)16(22)23-2/h3-10H,21H2,1-2H3/t10-/m1/s1. The van der Waals surface area contributed by atoms with Crippen LogP contribution in [-0.2, 0) is 10.9 Å². The third kappa shape index (κ3) is 3.79. The van der Waals surface area contributed by atoms with Crippen LogP contribution in [0.1, 0.15) is 34.5 Å². The van der Waals surface area contributed by atoms with E-state index < -0.39 is 23.8 Å². The van der Waals surface area contributed by atoms with Gasteiger partial charge in [-0.15, -0.1) is 0 Å². The topological polar surface area (TPSA) is 61.5 Å². The molecule has 128 valence electrons. The van der Waals surface area contributed by atoms with Gasteiger partial charge in [0.25, 0.3) is 0 Å². The number of nitrogen functional groups attached to an aromatic ring is 1. The number of nitrogens with two attached hydrogens (primary N) is 1. The zero-order valence-corrected chi connectivity index (χ0v) is 13.1. The van der Waals surface area contributed by atoms with Crippen LogP contribution in [0.3, 0.4) is 0 Å². The number of ether oxygens (including phenoxy) is 2. The number of alkyl halides is 3. The lowest BCUT2D eigenvalue weighted by molar-refractivity contribution is -0.139. The van der Waals surface area contributed by atoms with Gasteiger partial charge in [0.05, 0.1) is 12.7 Å². The Hall–Kier alpha value is -2.70. The Bertz CT molecular complexity index is 744. The first kappa shape index (κ1) is 17.7. The van der Waals surface area contributed by atoms with E-state index >= 15 is 0 Å². The van der Waals surface area contributed by atoms with E-state index in [4.69, 9.17) is 10.5 Å². The van der Waals surface area contributed by atoms with Gasteiger partial charge in [-0.25, -0.2) is 4.79 Å². The van der Waals surface area contributed by atoms with E-state index in [1.165, 1.54) is 50.4 Å². The smallest absolute Gasteiger partial charge is 0.416 e. The summed E-state index contributed by atoms with van der Waals surface area (Å²) in [5.41, 5.74) is 5.24. The molecule has 0 aliphatic heterocycles. The molecule has 2 aromatic carbocycles. The average Bonchev–Trinajstić information content (AvgIpc) is 2.53. The Morgan fingerprint density at radius 3 is 2.46 bits per heavy atom. The number of hydrogen-bond acceptors (Lipinski definition) is 4. The second-order valence-corrected chi connectivity index (χ2v) is 5.09. The summed E-state index contributed by atoms with van der Waals surface area (Å²) in [5.74, 6) is -0.604. The highest BCUT2D eigenvalue weighted by atomic mass is 19.4. The van der Waals surface area contributed by atoms with Crippen LogP contribution in [0.15, 0.2) is 42.5 Å². The van der Waals surface area contributed by atoms with Gasteiger partial charge in [0, 0.05) is 17.3 Å². The molecule has 2 aromatic rings. The Labute approximate surface area is 137 Å². The molecular weight excluding hydrogens is 323 g/mol. The molecule has 0 saturated carbocycles. The fourth-order valence-electron chi connectivity index (χ4n) is 2.28. The summed E-state index contributed by atoms with van der Waals surface area (Å²) in [4.78, 5) is 11.8. The molecule has 0 bridgehead atoms. The lowest BCUT2D eigenvalue weighted by atomic mass is 10.0. The SMILES string of the molecule is COC(=O)c1ccc(N)cc1O[C@H](C)c1ccccc1C(F)(F)F. The largest absolute Gasteiger partial charge is 0.485 e. The van der Waals surface area contributed by atoms with Gasteiger partial charge in [-0.3, -0.25) is 0 Å². The minimum atomic E-state index is -4.50. The number of carbonyl (C=O) groups excluding carboxylic acids is 1. The van der Waals surface area contributed by atoms with Crippen LogP contribution in [0.5, 0.6) is 5.75 Å². The third-order valence-corrected chi connectivity index (χ3v) is 3.42. The van der Waals surface area contributed by atoms with Crippen molar-refractivity contribution in [2.45, 2.75) is 19.2 Å². The predicted molar refractivity (Wildman–Crippen MR) is 82.7 cm³/mol. The zero-order chi connectivity index (χ0) is 17.9. The highest BCUT2D eigenvalue weighted by molar-refractivity contribution is 5.93. The Morgan fingerprint density at radius 1 is 1.17 bits per heavy atom. The summed E-state index contributed by atoms with van der Waals surface area (Å²) >= 11 is 0. The van der Waals surface area contributed by atoms with Gasteiger partial charge in [0.1, 0.15) is 17.4 Å². The fraction of sp³-hybridized carbons (Fsp3) is 0.235. The number of esters is 1. The van der Waals surface area contributed by atoms with Gasteiger partial charge in [-0.1, -0.05) is 18.2 Å². The molecule has 0 amide bonds. The number of hydrogen-bond donors (Lipinski definition) is 1. The molecule has 2 rings (SSSR count). The van der Waals surface area contributed by atoms with Gasteiger partial charge in [-0.05, 0) is 25.1 Å². The second kappa shape index (κ2) is 6.82. The lowest BCUT2D eigenvalue weighted by Crippen LogP contribution is -2.15. The molecule has 0 heterocycles. The molecule has 0 saturated heterocycles. The van der Waals surface area contributed by atoms with Crippen molar-refractivity contribution in [1.82, 2.24) is 0 Å². The molecular formula is C17H16F3NO3. The number of halogens is 3. The van der Waals surface area contributed by atoms with Crippen molar-refractivity contribution in [2.24, 2.45) is 0 Å². The molecule has 2 N–H and O–H groups in total. The lowest BCUT2D eigenvalue weighted by Gasteiger charge is -2.21. The molecule has 0 aliphatic carbocycles. The highest BCUT2D eigenvalue weighted by Crippen LogP contribution is 2.36. The number of anilines is 1.